The Labute approximate surface area is 168 Å². The second kappa shape index (κ2) is 9.47. The SMILES string of the molecule is C=Cc1cccc(N(CC)CCNC(=C)Nc2cccc3c2C[C@H](O)CC3)c1. The maximum absolute atomic E-state index is 10.0. The second-order valence-electron chi connectivity index (χ2n) is 7.25. The predicted molar refractivity (Wildman–Crippen MR) is 120 cm³/mol. The molecule has 0 spiro atoms. The molecule has 4 nitrogen and oxygen atoms in total. The predicted octanol–water partition coefficient (Wildman–Crippen LogP) is 4.18. The topological polar surface area (TPSA) is 47.5 Å². The van der Waals surface area contributed by atoms with Crippen molar-refractivity contribution in [3.63, 3.8) is 0 Å². The molecule has 2 aromatic carbocycles. The van der Waals surface area contributed by atoms with Crippen LogP contribution >= 0.6 is 0 Å². The molecule has 1 atom stereocenters. The molecule has 0 aromatic heterocycles. The van der Waals surface area contributed by atoms with Crippen LogP contribution in [0.25, 0.3) is 6.08 Å². The van der Waals surface area contributed by atoms with E-state index in [1.54, 1.807) is 0 Å². The molecule has 0 unspecified atom stereocenters. The van der Waals surface area contributed by atoms with Gasteiger partial charge >= 0.3 is 0 Å². The van der Waals surface area contributed by atoms with Crippen molar-refractivity contribution in [2.75, 3.05) is 29.9 Å². The van der Waals surface area contributed by atoms with Gasteiger partial charge < -0.3 is 20.6 Å². The molecule has 0 aliphatic heterocycles. The van der Waals surface area contributed by atoms with Crippen LogP contribution in [0.2, 0.25) is 0 Å². The van der Waals surface area contributed by atoms with E-state index >= 15 is 0 Å². The highest BCUT2D eigenvalue weighted by atomic mass is 16.3. The number of fused-ring (bicyclic) bond motifs is 1. The van der Waals surface area contributed by atoms with Crippen LogP contribution in [0.3, 0.4) is 0 Å². The highest BCUT2D eigenvalue weighted by Gasteiger charge is 2.19. The summed E-state index contributed by atoms with van der Waals surface area (Å²) in [6.07, 6.45) is 4.10. The minimum Gasteiger partial charge on any atom is -0.393 e. The average molecular weight is 378 g/mol. The molecule has 0 saturated carbocycles. The third-order valence-corrected chi connectivity index (χ3v) is 5.32. The zero-order valence-corrected chi connectivity index (χ0v) is 16.7. The van der Waals surface area contributed by atoms with Crippen molar-refractivity contribution in [2.45, 2.75) is 32.3 Å². The van der Waals surface area contributed by atoms with Crippen LogP contribution in [-0.2, 0) is 12.8 Å². The lowest BCUT2D eigenvalue weighted by molar-refractivity contribution is 0.159. The zero-order valence-electron chi connectivity index (χ0n) is 16.7. The number of benzene rings is 2. The van der Waals surface area contributed by atoms with E-state index < -0.39 is 0 Å². The number of likely N-dealkylation sites (N-methyl/N-ethyl adjacent to an activating group) is 1. The summed E-state index contributed by atoms with van der Waals surface area (Å²) < 4.78 is 0. The summed E-state index contributed by atoms with van der Waals surface area (Å²) in [4.78, 5) is 2.33. The third-order valence-electron chi connectivity index (χ3n) is 5.32. The van der Waals surface area contributed by atoms with Crippen LogP contribution in [0.15, 0.2) is 61.4 Å². The summed E-state index contributed by atoms with van der Waals surface area (Å²) in [5, 5.41) is 16.8. The smallest absolute Gasteiger partial charge is 0.0957 e. The number of nitrogens with one attached hydrogen (secondary N) is 2. The quantitative estimate of drug-likeness (QED) is 0.614. The number of anilines is 2. The number of aliphatic hydroxyl groups is 1. The van der Waals surface area contributed by atoms with Gasteiger partial charge in [0, 0.05) is 37.4 Å². The fourth-order valence-corrected chi connectivity index (χ4v) is 3.75. The minimum atomic E-state index is -0.249. The Morgan fingerprint density at radius 3 is 2.89 bits per heavy atom. The van der Waals surface area contributed by atoms with Crippen molar-refractivity contribution in [3.8, 4) is 0 Å². The summed E-state index contributed by atoms with van der Waals surface area (Å²) in [5.41, 5.74) is 5.90. The first-order chi connectivity index (χ1) is 13.6. The zero-order chi connectivity index (χ0) is 19.9. The second-order valence-corrected chi connectivity index (χ2v) is 7.25. The average Bonchev–Trinajstić information content (AvgIpc) is 2.71. The number of hydrogen-bond donors (Lipinski definition) is 3. The fourth-order valence-electron chi connectivity index (χ4n) is 3.75. The lowest BCUT2D eigenvalue weighted by Crippen LogP contribution is -2.33. The van der Waals surface area contributed by atoms with Gasteiger partial charge in [-0.15, -0.1) is 0 Å². The molecule has 1 aliphatic rings. The van der Waals surface area contributed by atoms with Crippen LogP contribution in [0.1, 0.15) is 30.0 Å². The van der Waals surface area contributed by atoms with Gasteiger partial charge in [-0.2, -0.15) is 0 Å². The van der Waals surface area contributed by atoms with E-state index in [9.17, 15) is 5.11 Å². The molecular weight excluding hydrogens is 346 g/mol. The van der Waals surface area contributed by atoms with E-state index in [-0.39, 0.29) is 6.10 Å². The Morgan fingerprint density at radius 2 is 2.11 bits per heavy atom. The highest BCUT2D eigenvalue weighted by molar-refractivity contribution is 5.59. The van der Waals surface area contributed by atoms with Crippen molar-refractivity contribution in [1.29, 1.82) is 0 Å². The first kappa shape index (κ1) is 20.0. The molecule has 3 rings (SSSR count). The summed E-state index contributed by atoms with van der Waals surface area (Å²) in [6.45, 7) is 12.7. The number of aliphatic hydroxyl groups excluding tert-OH is 1. The molecule has 0 radical (unpaired) electrons. The third kappa shape index (κ3) is 4.96. The van der Waals surface area contributed by atoms with Gasteiger partial charge in [-0.1, -0.05) is 43.5 Å². The molecule has 3 N–H and O–H groups in total. The van der Waals surface area contributed by atoms with E-state index in [1.807, 2.05) is 6.08 Å². The number of rotatable bonds is 9. The van der Waals surface area contributed by atoms with E-state index in [0.29, 0.717) is 6.42 Å². The van der Waals surface area contributed by atoms with Gasteiger partial charge in [-0.25, -0.2) is 0 Å². The first-order valence-electron chi connectivity index (χ1n) is 10.1. The Kier molecular flexibility index (Phi) is 6.77. The standard InChI is InChI=1S/C24H31N3O/c1-4-19-8-6-10-21(16-19)27(5-2)15-14-25-18(3)26-24-11-7-9-20-12-13-22(28)17-23(20)24/h4,6-11,16,22,25-26,28H,1,3,5,12-15,17H2,2H3/t22-/m1/s1. The van der Waals surface area contributed by atoms with E-state index in [2.05, 4.69) is 78.1 Å². The van der Waals surface area contributed by atoms with Crippen LogP contribution in [-0.4, -0.2) is 30.8 Å². The van der Waals surface area contributed by atoms with Crippen LogP contribution in [0.4, 0.5) is 11.4 Å². The fraction of sp³-hybridized carbons (Fsp3) is 0.333. The Hall–Kier alpha value is -2.72. The Morgan fingerprint density at radius 1 is 1.29 bits per heavy atom. The van der Waals surface area contributed by atoms with Crippen molar-refractivity contribution < 1.29 is 5.11 Å². The Bertz CT molecular complexity index is 830. The van der Waals surface area contributed by atoms with Gasteiger partial charge in [-0.05, 0) is 54.7 Å². The monoisotopic (exact) mass is 377 g/mol. The van der Waals surface area contributed by atoms with E-state index in [1.165, 1.54) is 16.8 Å². The lowest BCUT2D eigenvalue weighted by Gasteiger charge is -2.26. The molecule has 0 amide bonds. The van der Waals surface area contributed by atoms with Crippen LogP contribution in [0, 0.1) is 0 Å². The van der Waals surface area contributed by atoms with Gasteiger partial charge in [0.2, 0.25) is 0 Å². The van der Waals surface area contributed by atoms with Gasteiger partial charge in [0.05, 0.1) is 11.9 Å². The summed E-state index contributed by atoms with van der Waals surface area (Å²) in [7, 11) is 0. The van der Waals surface area contributed by atoms with E-state index in [4.69, 9.17) is 0 Å². The van der Waals surface area contributed by atoms with Crippen LogP contribution < -0.4 is 15.5 Å². The van der Waals surface area contributed by atoms with E-state index in [0.717, 1.165) is 49.5 Å². The summed E-state index contributed by atoms with van der Waals surface area (Å²) >= 11 is 0. The molecule has 1 aliphatic carbocycles. The van der Waals surface area contributed by atoms with Gasteiger partial charge in [0.1, 0.15) is 0 Å². The van der Waals surface area contributed by atoms with Gasteiger partial charge in [0.15, 0.2) is 0 Å². The molecule has 148 valence electrons. The highest BCUT2D eigenvalue weighted by Crippen LogP contribution is 2.28. The molecule has 4 heteroatoms. The molecule has 0 saturated heterocycles. The maximum Gasteiger partial charge on any atom is 0.0957 e. The van der Waals surface area contributed by atoms with Crippen molar-refractivity contribution in [2.24, 2.45) is 0 Å². The molecule has 0 bridgehead atoms. The van der Waals surface area contributed by atoms with Crippen LogP contribution in [0.5, 0.6) is 0 Å². The summed E-state index contributed by atoms with van der Waals surface area (Å²) in [6, 6.07) is 14.7. The molecule has 2 aromatic rings. The normalized spacial score (nSPS) is 15.4. The van der Waals surface area contributed by atoms with Crippen molar-refractivity contribution >= 4 is 17.5 Å². The number of nitrogens with zero attached hydrogens (tertiary/aromatic N) is 1. The molecular formula is C24H31N3O. The number of hydrogen-bond acceptors (Lipinski definition) is 4. The van der Waals surface area contributed by atoms with Gasteiger partial charge in [-0.3, -0.25) is 0 Å². The molecule has 28 heavy (non-hydrogen) atoms. The largest absolute Gasteiger partial charge is 0.393 e. The summed E-state index contributed by atoms with van der Waals surface area (Å²) in [5.74, 6) is 0.782. The minimum absolute atomic E-state index is 0.249. The first-order valence-corrected chi connectivity index (χ1v) is 10.1. The van der Waals surface area contributed by atoms with Crippen molar-refractivity contribution in [1.82, 2.24) is 5.32 Å². The van der Waals surface area contributed by atoms with Gasteiger partial charge in [0.25, 0.3) is 0 Å². The van der Waals surface area contributed by atoms with Crippen molar-refractivity contribution in [3.05, 3.63) is 78.1 Å². The molecule has 0 fully saturated rings. The lowest BCUT2D eigenvalue weighted by atomic mass is 9.88. The maximum atomic E-state index is 10.0. The number of aryl methyl sites for hydroxylation is 1. The molecule has 0 heterocycles. The Balaban J connectivity index is 1.55.